The molecule has 4 heteroatoms. The van der Waals surface area contributed by atoms with Gasteiger partial charge in [0.15, 0.2) is 0 Å². The second kappa shape index (κ2) is 4.93. The van der Waals surface area contributed by atoms with Gasteiger partial charge in [0, 0.05) is 5.56 Å². The lowest BCUT2D eigenvalue weighted by atomic mass is 9.96. The average Bonchev–Trinajstić information content (AvgIpc) is 2.82. The van der Waals surface area contributed by atoms with Crippen molar-refractivity contribution < 1.29 is 9.47 Å². The molecular formula is C16H26N2O2. The van der Waals surface area contributed by atoms with E-state index in [0.717, 1.165) is 17.1 Å². The third-order valence-electron chi connectivity index (χ3n) is 5.42. The van der Waals surface area contributed by atoms with Crippen molar-refractivity contribution in [2.24, 2.45) is 22.6 Å². The van der Waals surface area contributed by atoms with Crippen LogP contribution < -0.4 is 20.7 Å². The monoisotopic (exact) mass is 278 g/mol. The Bertz CT molecular complexity index is 483. The van der Waals surface area contributed by atoms with E-state index in [1.165, 1.54) is 0 Å². The van der Waals surface area contributed by atoms with Crippen molar-refractivity contribution in [1.82, 2.24) is 5.43 Å². The molecule has 0 aromatic heterocycles. The number of nitrogens with one attached hydrogen (secondary N) is 1. The van der Waals surface area contributed by atoms with Crippen LogP contribution in [0.5, 0.6) is 11.5 Å². The van der Waals surface area contributed by atoms with Gasteiger partial charge in [-0.05, 0) is 34.9 Å². The number of methoxy groups -OCH3 is 2. The summed E-state index contributed by atoms with van der Waals surface area (Å²) in [6.07, 6.45) is 0. The van der Waals surface area contributed by atoms with E-state index >= 15 is 0 Å². The molecule has 1 aliphatic carbocycles. The predicted molar refractivity (Wildman–Crippen MR) is 80.7 cm³/mol. The van der Waals surface area contributed by atoms with Crippen molar-refractivity contribution in [2.45, 2.75) is 33.7 Å². The molecule has 1 unspecified atom stereocenters. The SMILES string of the molecule is COc1ccc(OC)c(C(NN)C2C(C)(C)C2(C)C)c1. The molecule has 112 valence electrons. The lowest BCUT2D eigenvalue weighted by molar-refractivity contribution is 0.367. The third kappa shape index (κ3) is 2.07. The van der Waals surface area contributed by atoms with E-state index in [2.05, 4.69) is 33.1 Å². The van der Waals surface area contributed by atoms with Gasteiger partial charge >= 0.3 is 0 Å². The van der Waals surface area contributed by atoms with Crippen LogP contribution in [0.3, 0.4) is 0 Å². The van der Waals surface area contributed by atoms with Crippen LogP contribution >= 0.6 is 0 Å². The zero-order valence-corrected chi connectivity index (χ0v) is 13.3. The summed E-state index contributed by atoms with van der Waals surface area (Å²) in [7, 11) is 3.35. The summed E-state index contributed by atoms with van der Waals surface area (Å²) < 4.78 is 10.8. The molecule has 1 aromatic carbocycles. The predicted octanol–water partition coefficient (Wildman–Crippen LogP) is 2.89. The summed E-state index contributed by atoms with van der Waals surface area (Å²) in [4.78, 5) is 0. The Balaban J connectivity index is 2.43. The van der Waals surface area contributed by atoms with Crippen LogP contribution in [0.2, 0.25) is 0 Å². The lowest BCUT2D eigenvalue weighted by Gasteiger charge is -2.22. The third-order valence-corrected chi connectivity index (χ3v) is 5.42. The molecule has 1 aromatic rings. The van der Waals surface area contributed by atoms with E-state index in [9.17, 15) is 0 Å². The second-order valence-electron chi connectivity index (χ2n) is 6.67. The number of hydrazine groups is 1. The van der Waals surface area contributed by atoms with Crippen LogP contribution in [0.25, 0.3) is 0 Å². The fourth-order valence-corrected chi connectivity index (χ4v) is 3.53. The number of hydrogen-bond acceptors (Lipinski definition) is 4. The highest BCUT2D eigenvalue weighted by Gasteiger charge is 2.67. The van der Waals surface area contributed by atoms with Gasteiger partial charge in [-0.15, -0.1) is 0 Å². The van der Waals surface area contributed by atoms with Crippen molar-refractivity contribution in [3.63, 3.8) is 0 Å². The summed E-state index contributed by atoms with van der Waals surface area (Å²) in [5.41, 5.74) is 4.50. The molecule has 1 saturated carbocycles. The maximum atomic E-state index is 5.86. The molecular weight excluding hydrogens is 252 g/mol. The highest BCUT2D eigenvalue weighted by molar-refractivity contribution is 5.44. The summed E-state index contributed by atoms with van der Waals surface area (Å²) in [5.74, 6) is 7.96. The molecule has 2 rings (SSSR count). The molecule has 1 fully saturated rings. The molecule has 0 spiro atoms. The largest absolute Gasteiger partial charge is 0.497 e. The highest BCUT2D eigenvalue weighted by Crippen LogP contribution is 2.72. The smallest absolute Gasteiger partial charge is 0.123 e. The molecule has 1 atom stereocenters. The molecule has 4 nitrogen and oxygen atoms in total. The summed E-state index contributed by atoms with van der Waals surface area (Å²) >= 11 is 0. The topological polar surface area (TPSA) is 56.5 Å². The van der Waals surface area contributed by atoms with Crippen LogP contribution in [0.15, 0.2) is 18.2 Å². The van der Waals surface area contributed by atoms with E-state index in [1.807, 2.05) is 18.2 Å². The Morgan fingerprint density at radius 3 is 2.10 bits per heavy atom. The Labute approximate surface area is 121 Å². The molecule has 0 bridgehead atoms. The zero-order chi connectivity index (χ0) is 15.1. The van der Waals surface area contributed by atoms with Crippen LogP contribution in [-0.2, 0) is 0 Å². The van der Waals surface area contributed by atoms with Gasteiger partial charge < -0.3 is 9.47 Å². The number of ether oxygens (including phenoxy) is 2. The van der Waals surface area contributed by atoms with Crippen LogP contribution in [0.4, 0.5) is 0 Å². The number of nitrogens with two attached hydrogens (primary N) is 1. The second-order valence-corrected chi connectivity index (χ2v) is 6.67. The van der Waals surface area contributed by atoms with Crippen molar-refractivity contribution in [1.29, 1.82) is 0 Å². The maximum Gasteiger partial charge on any atom is 0.123 e. The van der Waals surface area contributed by atoms with Gasteiger partial charge in [-0.2, -0.15) is 0 Å². The fourth-order valence-electron chi connectivity index (χ4n) is 3.53. The first-order valence-corrected chi connectivity index (χ1v) is 6.99. The molecule has 0 radical (unpaired) electrons. The molecule has 0 aliphatic heterocycles. The van der Waals surface area contributed by atoms with Crippen molar-refractivity contribution in [3.8, 4) is 11.5 Å². The summed E-state index contributed by atoms with van der Waals surface area (Å²) in [5, 5.41) is 0. The van der Waals surface area contributed by atoms with Gasteiger partial charge in [-0.25, -0.2) is 0 Å². The molecule has 0 heterocycles. The van der Waals surface area contributed by atoms with E-state index in [-0.39, 0.29) is 16.9 Å². The number of rotatable bonds is 5. The normalized spacial score (nSPS) is 21.4. The fraction of sp³-hybridized carbons (Fsp3) is 0.625. The average molecular weight is 278 g/mol. The minimum atomic E-state index is 0.0463. The van der Waals surface area contributed by atoms with Crippen molar-refractivity contribution in [2.75, 3.05) is 14.2 Å². The maximum absolute atomic E-state index is 5.86. The first kappa shape index (κ1) is 15.1. The van der Waals surface area contributed by atoms with Gasteiger partial charge in [0.2, 0.25) is 0 Å². The van der Waals surface area contributed by atoms with E-state index in [1.54, 1.807) is 14.2 Å². The van der Waals surface area contributed by atoms with Gasteiger partial charge in [0.05, 0.1) is 20.3 Å². The van der Waals surface area contributed by atoms with Crippen LogP contribution in [-0.4, -0.2) is 14.2 Å². The standard InChI is InChI=1S/C16H26N2O2/c1-15(2)14(16(15,3)4)13(18-17)11-9-10(19-5)7-8-12(11)20-6/h7-9,13-14,18H,17H2,1-6H3. The zero-order valence-electron chi connectivity index (χ0n) is 13.3. The highest BCUT2D eigenvalue weighted by atomic mass is 16.5. The first-order chi connectivity index (χ1) is 9.31. The van der Waals surface area contributed by atoms with E-state index in [4.69, 9.17) is 15.3 Å². The minimum absolute atomic E-state index is 0.0463. The Morgan fingerprint density at radius 2 is 1.70 bits per heavy atom. The molecule has 3 N–H and O–H groups in total. The van der Waals surface area contributed by atoms with Gasteiger partial charge in [0.25, 0.3) is 0 Å². The van der Waals surface area contributed by atoms with Crippen LogP contribution in [0.1, 0.15) is 39.3 Å². The Kier molecular flexibility index (Phi) is 3.73. The summed E-state index contributed by atoms with van der Waals surface area (Å²) in [6.45, 7) is 9.15. The number of hydrogen-bond donors (Lipinski definition) is 2. The molecule has 0 amide bonds. The number of benzene rings is 1. The Hall–Kier alpha value is -1.26. The van der Waals surface area contributed by atoms with Crippen molar-refractivity contribution >= 4 is 0 Å². The van der Waals surface area contributed by atoms with Crippen molar-refractivity contribution in [3.05, 3.63) is 23.8 Å². The van der Waals surface area contributed by atoms with Gasteiger partial charge in [0.1, 0.15) is 11.5 Å². The van der Waals surface area contributed by atoms with Gasteiger partial charge in [-0.1, -0.05) is 27.7 Å². The minimum Gasteiger partial charge on any atom is -0.497 e. The first-order valence-electron chi connectivity index (χ1n) is 6.99. The van der Waals surface area contributed by atoms with E-state index < -0.39 is 0 Å². The van der Waals surface area contributed by atoms with Crippen LogP contribution in [0, 0.1) is 16.7 Å². The molecule has 0 saturated heterocycles. The van der Waals surface area contributed by atoms with Gasteiger partial charge in [-0.3, -0.25) is 11.3 Å². The Morgan fingerprint density at radius 1 is 1.10 bits per heavy atom. The summed E-state index contributed by atoms with van der Waals surface area (Å²) in [6, 6.07) is 5.89. The lowest BCUT2D eigenvalue weighted by Crippen LogP contribution is -2.31. The quantitative estimate of drug-likeness (QED) is 0.642. The molecule has 20 heavy (non-hydrogen) atoms. The molecule has 1 aliphatic rings. The van der Waals surface area contributed by atoms with E-state index in [0.29, 0.717) is 5.92 Å².